The summed E-state index contributed by atoms with van der Waals surface area (Å²) in [6, 6.07) is 13.5. The van der Waals surface area contributed by atoms with Crippen LogP contribution >= 0.6 is 11.6 Å². The van der Waals surface area contributed by atoms with Gasteiger partial charge in [-0.2, -0.15) is 0 Å². The highest BCUT2D eigenvalue weighted by Gasteiger charge is 2.08. The molecule has 1 heterocycles. The van der Waals surface area contributed by atoms with E-state index in [1.807, 2.05) is 56.3 Å². The van der Waals surface area contributed by atoms with Gasteiger partial charge in [0.2, 0.25) is 0 Å². The van der Waals surface area contributed by atoms with E-state index in [2.05, 4.69) is 10.3 Å². The average molecular weight is 340 g/mol. The minimum Gasteiger partial charge on any atom is -0.361 e. The monoisotopic (exact) mass is 339 g/mol. The SMILES string of the molecule is Cc1ccc(-n2ccnc(NCc3ccccc3Cl)c2=O)cc1C. The number of benzene rings is 2. The Labute approximate surface area is 145 Å². The Balaban J connectivity index is 1.90. The Kier molecular flexibility index (Phi) is 4.67. The van der Waals surface area contributed by atoms with Crippen molar-refractivity contribution >= 4 is 17.4 Å². The number of aromatic nitrogens is 2. The molecule has 0 atom stereocenters. The van der Waals surface area contributed by atoms with Gasteiger partial charge < -0.3 is 5.32 Å². The van der Waals surface area contributed by atoms with Gasteiger partial charge in [-0.15, -0.1) is 0 Å². The minimum atomic E-state index is -0.187. The summed E-state index contributed by atoms with van der Waals surface area (Å²) >= 11 is 6.15. The maximum absolute atomic E-state index is 12.7. The second-order valence-electron chi connectivity index (χ2n) is 5.66. The smallest absolute Gasteiger partial charge is 0.297 e. The van der Waals surface area contributed by atoms with E-state index in [1.54, 1.807) is 17.0 Å². The third-order valence-corrected chi connectivity index (χ3v) is 4.38. The van der Waals surface area contributed by atoms with Gasteiger partial charge >= 0.3 is 0 Å². The maximum atomic E-state index is 12.7. The first-order valence-corrected chi connectivity index (χ1v) is 8.06. The number of nitrogens with zero attached hydrogens (tertiary/aromatic N) is 2. The van der Waals surface area contributed by atoms with E-state index in [1.165, 1.54) is 5.56 Å². The zero-order valence-electron chi connectivity index (χ0n) is 13.6. The van der Waals surface area contributed by atoms with E-state index in [4.69, 9.17) is 11.6 Å². The molecule has 0 unspecified atom stereocenters. The Morgan fingerprint density at radius 3 is 2.67 bits per heavy atom. The minimum absolute atomic E-state index is 0.187. The predicted molar refractivity (Wildman–Crippen MR) is 98.1 cm³/mol. The van der Waals surface area contributed by atoms with E-state index in [0.717, 1.165) is 16.8 Å². The molecule has 0 aliphatic rings. The molecule has 0 fully saturated rings. The summed E-state index contributed by atoms with van der Waals surface area (Å²) in [5.41, 5.74) is 3.89. The summed E-state index contributed by atoms with van der Waals surface area (Å²) in [6.07, 6.45) is 3.29. The van der Waals surface area contributed by atoms with Crippen molar-refractivity contribution in [3.05, 3.63) is 86.9 Å². The first-order chi connectivity index (χ1) is 11.6. The third kappa shape index (κ3) is 3.34. The molecule has 3 rings (SSSR count). The first kappa shape index (κ1) is 16.3. The summed E-state index contributed by atoms with van der Waals surface area (Å²) in [5, 5.41) is 3.74. The van der Waals surface area contributed by atoms with E-state index in [9.17, 15) is 4.79 Å². The molecule has 0 bridgehead atoms. The van der Waals surface area contributed by atoms with Crippen molar-refractivity contribution in [1.82, 2.24) is 9.55 Å². The lowest BCUT2D eigenvalue weighted by molar-refractivity contribution is 0.942. The fourth-order valence-corrected chi connectivity index (χ4v) is 2.63. The van der Waals surface area contributed by atoms with Crippen LogP contribution in [-0.4, -0.2) is 9.55 Å². The lowest BCUT2D eigenvalue weighted by atomic mass is 10.1. The summed E-state index contributed by atoms with van der Waals surface area (Å²) in [5.74, 6) is 0.302. The lowest BCUT2D eigenvalue weighted by Gasteiger charge is -2.11. The zero-order valence-corrected chi connectivity index (χ0v) is 14.3. The van der Waals surface area contributed by atoms with Crippen LogP contribution in [0.5, 0.6) is 0 Å². The van der Waals surface area contributed by atoms with E-state index >= 15 is 0 Å². The van der Waals surface area contributed by atoms with Crippen molar-refractivity contribution in [3.63, 3.8) is 0 Å². The second kappa shape index (κ2) is 6.89. The first-order valence-electron chi connectivity index (χ1n) is 7.69. The van der Waals surface area contributed by atoms with Crippen molar-refractivity contribution < 1.29 is 0 Å². The fourth-order valence-electron chi connectivity index (χ4n) is 2.43. The molecule has 3 aromatic rings. The second-order valence-corrected chi connectivity index (χ2v) is 6.07. The van der Waals surface area contributed by atoms with Gasteiger partial charge in [-0.25, -0.2) is 4.98 Å². The van der Waals surface area contributed by atoms with Gasteiger partial charge in [0, 0.05) is 29.6 Å². The molecule has 0 spiro atoms. The Hall–Kier alpha value is -2.59. The molecule has 1 aromatic heterocycles. The standard InChI is InChI=1S/C19H18ClN3O/c1-13-7-8-16(11-14(13)2)23-10-9-21-18(19(23)24)22-12-15-5-3-4-6-17(15)20/h3-11H,12H2,1-2H3,(H,21,22). The van der Waals surface area contributed by atoms with Crippen molar-refractivity contribution in [2.75, 3.05) is 5.32 Å². The summed E-state index contributed by atoms with van der Waals surface area (Å²) < 4.78 is 1.59. The van der Waals surface area contributed by atoms with Gasteiger partial charge in [0.05, 0.1) is 0 Å². The average Bonchev–Trinajstić information content (AvgIpc) is 2.58. The number of halogens is 1. The van der Waals surface area contributed by atoms with Crippen molar-refractivity contribution in [2.45, 2.75) is 20.4 Å². The van der Waals surface area contributed by atoms with Gasteiger partial charge in [0.25, 0.3) is 5.56 Å². The highest BCUT2D eigenvalue weighted by Crippen LogP contribution is 2.16. The van der Waals surface area contributed by atoms with Gasteiger partial charge in [-0.3, -0.25) is 9.36 Å². The summed E-state index contributed by atoms with van der Waals surface area (Å²) in [4.78, 5) is 16.8. The van der Waals surface area contributed by atoms with Crippen LogP contribution in [0.4, 0.5) is 5.82 Å². The Morgan fingerprint density at radius 2 is 1.92 bits per heavy atom. The third-order valence-electron chi connectivity index (χ3n) is 4.01. The number of hydrogen-bond acceptors (Lipinski definition) is 3. The molecule has 0 aliphatic carbocycles. The zero-order chi connectivity index (χ0) is 17.1. The largest absolute Gasteiger partial charge is 0.361 e. The number of rotatable bonds is 4. The quantitative estimate of drug-likeness (QED) is 0.778. The molecule has 24 heavy (non-hydrogen) atoms. The van der Waals surface area contributed by atoms with E-state index in [-0.39, 0.29) is 5.56 Å². The van der Waals surface area contributed by atoms with Crippen molar-refractivity contribution in [1.29, 1.82) is 0 Å². The number of anilines is 1. The topological polar surface area (TPSA) is 46.9 Å². The van der Waals surface area contributed by atoms with Gasteiger partial charge in [-0.05, 0) is 48.7 Å². The number of nitrogens with one attached hydrogen (secondary N) is 1. The van der Waals surface area contributed by atoms with Crippen LogP contribution in [0.1, 0.15) is 16.7 Å². The van der Waals surface area contributed by atoms with Crippen LogP contribution in [-0.2, 0) is 6.54 Å². The van der Waals surface area contributed by atoms with Crippen LogP contribution in [0.2, 0.25) is 5.02 Å². The molecule has 2 aromatic carbocycles. The van der Waals surface area contributed by atoms with Crippen LogP contribution in [0, 0.1) is 13.8 Å². The molecule has 5 heteroatoms. The van der Waals surface area contributed by atoms with Crippen molar-refractivity contribution in [3.8, 4) is 5.69 Å². The number of aryl methyl sites for hydroxylation is 2. The van der Waals surface area contributed by atoms with E-state index < -0.39 is 0 Å². The molecule has 0 saturated carbocycles. The summed E-state index contributed by atoms with van der Waals surface area (Å²) in [6.45, 7) is 4.52. The predicted octanol–water partition coefficient (Wildman–Crippen LogP) is 4.11. The molecular weight excluding hydrogens is 322 g/mol. The molecular formula is C19H18ClN3O. The number of hydrogen-bond donors (Lipinski definition) is 1. The van der Waals surface area contributed by atoms with Crippen molar-refractivity contribution in [2.24, 2.45) is 0 Å². The van der Waals surface area contributed by atoms with Gasteiger partial charge in [-0.1, -0.05) is 35.9 Å². The Morgan fingerprint density at radius 1 is 1.12 bits per heavy atom. The highest BCUT2D eigenvalue weighted by molar-refractivity contribution is 6.31. The summed E-state index contributed by atoms with van der Waals surface area (Å²) in [7, 11) is 0. The van der Waals surface area contributed by atoms with Crippen LogP contribution in [0.3, 0.4) is 0 Å². The Bertz CT molecular complexity index is 934. The fraction of sp³-hybridized carbons (Fsp3) is 0.158. The normalized spacial score (nSPS) is 10.6. The highest BCUT2D eigenvalue weighted by atomic mass is 35.5. The lowest BCUT2D eigenvalue weighted by Crippen LogP contribution is -2.23. The molecule has 1 N–H and O–H groups in total. The van der Waals surface area contributed by atoms with Crippen LogP contribution in [0.25, 0.3) is 5.69 Å². The molecule has 0 amide bonds. The van der Waals surface area contributed by atoms with Gasteiger partial charge in [0.1, 0.15) is 0 Å². The van der Waals surface area contributed by atoms with Crippen LogP contribution < -0.4 is 10.9 Å². The molecule has 0 aliphatic heterocycles. The van der Waals surface area contributed by atoms with Gasteiger partial charge in [0.15, 0.2) is 5.82 Å². The molecule has 122 valence electrons. The molecule has 4 nitrogen and oxygen atoms in total. The maximum Gasteiger partial charge on any atom is 0.297 e. The molecule has 0 saturated heterocycles. The molecule has 0 radical (unpaired) electrons. The van der Waals surface area contributed by atoms with Crippen LogP contribution in [0.15, 0.2) is 59.7 Å². The van der Waals surface area contributed by atoms with E-state index in [0.29, 0.717) is 17.4 Å².